The molecule has 7 nitrogen and oxygen atoms in total. The van der Waals surface area contributed by atoms with Gasteiger partial charge in [0.1, 0.15) is 18.1 Å². The number of ether oxygens (including phenoxy) is 1. The maximum Gasteiger partial charge on any atom is 0.371 e. The standard InChI is InChI=1S/C15H16ClNO6/c16-12-5-9(17-6-10(19)7-18)1-3-13(12)22-8-11-2-4-14(23-11)15(20)21/h1-5,10,17-19H,6-8H2,(H,20,21). The second kappa shape index (κ2) is 7.87. The molecule has 0 aliphatic rings. The molecule has 0 saturated heterocycles. The number of hydrogen-bond acceptors (Lipinski definition) is 6. The molecule has 0 spiro atoms. The van der Waals surface area contributed by atoms with Crippen LogP contribution in [-0.4, -0.2) is 40.5 Å². The molecule has 1 aromatic heterocycles. The van der Waals surface area contributed by atoms with Gasteiger partial charge in [0, 0.05) is 12.2 Å². The number of carbonyl (C=O) groups is 1. The molecule has 2 aromatic rings. The summed E-state index contributed by atoms with van der Waals surface area (Å²) in [6, 6.07) is 7.82. The Hall–Kier alpha value is -2.22. The second-order valence-corrected chi connectivity index (χ2v) is 5.13. The molecule has 0 saturated carbocycles. The Balaban J connectivity index is 1.93. The highest BCUT2D eigenvalue weighted by Gasteiger charge is 2.10. The number of halogens is 1. The van der Waals surface area contributed by atoms with Crippen molar-refractivity contribution in [3.8, 4) is 5.75 Å². The van der Waals surface area contributed by atoms with Crippen LogP contribution in [0.25, 0.3) is 0 Å². The second-order valence-electron chi connectivity index (χ2n) is 4.72. The minimum atomic E-state index is -1.14. The van der Waals surface area contributed by atoms with Gasteiger partial charge in [0.15, 0.2) is 0 Å². The summed E-state index contributed by atoms with van der Waals surface area (Å²) in [4.78, 5) is 10.7. The van der Waals surface area contributed by atoms with Crippen LogP contribution in [0.2, 0.25) is 5.02 Å². The van der Waals surface area contributed by atoms with Gasteiger partial charge in [-0.25, -0.2) is 4.79 Å². The summed E-state index contributed by atoms with van der Waals surface area (Å²) >= 11 is 6.10. The number of benzene rings is 1. The van der Waals surface area contributed by atoms with Gasteiger partial charge in [0.05, 0.1) is 17.7 Å². The Morgan fingerprint density at radius 3 is 2.74 bits per heavy atom. The Kier molecular flexibility index (Phi) is 5.86. The van der Waals surface area contributed by atoms with Gasteiger partial charge in [0.2, 0.25) is 5.76 Å². The molecule has 0 aliphatic heterocycles. The van der Waals surface area contributed by atoms with Crippen molar-refractivity contribution in [1.29, 1.82) is 0 Å². The van der Waals surface area contributed by atoms with Crippen molar-refractivity contribution in [3.63, 3.8) is 0 Å². The summed E-state index contributed by atoms with van der Waals surface area (Å²) in [7, 11) is 0. The van der Waals surface area contributed by atoms with Gasteiger partial charge in [-0.15, -0.1) is 0 Å². The normalized spacial score (nSPS) is 12.0. The third-order valence-corrected chi connectivity index (χ3v) is 3.22. The van der Waals surface area contributed by atoms with Crippen LogP contribution in [0.5, 0.6) is 5.75 Å². The molecule has 0 fully saturated rings. The fraction of sp³-hybridized carbons (Fsp3) is 0.267. The van der Waals surface area contributed by atoms with Crippen LogP contribution in [0.3, 0.4) is 0 Å². The first-order valence-corrected chi connectivity index (χ1v) is 7.14. The highest BCUT2D eigenvalue weighted by molar-refractivity contribution is 6.32. The first kappa shape index (κ1) is 17.1. The molecular formula is C15H16ClNO6. The molecule has 0 bridgehead atoms. The van der Waals surface area contributed by atoms with Gasteiger partial charge < -0.3 is 29.8 Å². The first-order valence-electron chi connectivity index (χ1n) is 6.76. The molecule has 8 heteroatoms. The van der Waals surface area contributed by atoms with E-state index in [4.69, 9.17) is 31.0 Å². The monoisotopic (exact) mass is 341 g/mol. The van der Waals surface area contributed by atoms with Crippen LogP contribution >= 0.6 is 11.6 Å². The van der Waals surface area contributed by atoms with E-state index in [1.54, 1.807) is 18.2 Å². The minimum Gasteiger partial charge on any atom is -0.484 e. The van der Waals surface area contributed by atoms with Gasteiger partial charge in [-0.2, -0.15) is 0 Å². The van der Waals surface area contributed by atoms with E-state index < -0.39 is 12.1 Å². The predicted molar refractivity (Wildman–Crippen MR) is 83.0 cm³/mol. The van der Waals surface area contributed by atoms with Crippen molar-refractivity contribution in [2.45, 2.75) is 12.7 Å². The largest absolute Gasteiger partial charge is 0.484 e. The fourth-order valence-corrected chi connectivity index (χ4v) is 1.98. The Bertz CT molecular complexity index is 672. The number of aromatic carboxylic acids is 1. The lowest BCUT2D eigenvalue weighted by Crippen LogP contribution is -2.22. The number of anilines is 1. The molecule has 4 N–H and O–H groups in total. The number of aliphatic hydroxyl groups excluding tert-OH is 2. The molecule has 0 aliphatic carbocycles. The average Bonchev–Trinajstić information content (AvgIpc) is 3.01. The zero-order chi connectivity index (χ0) is 16.8. The van der Waals surface area contributed by atoms with Gasteiger partial charge in [-0.1, -0.05) is 11.6 Å². The summed E-state index contributed by atoms with van der Waals surface area (Å²) in [6.45, 7) is -0.0935. The predicted octanol–water partition coefficient (Wildman–Crippen LogP) is 1.98. The SMILES string of the molecule is O=C(O)c1ccc(COc2ccc(NCC(O)CO)cc2Cl)o1. The molecule has 124 valence electrons. The lowest BCUT2D eigenvalue weighted by molar-refractivity contribution is 0.0658. The maximum atomic E-state index is 10.7. The number of carboxylic acids is 1. The molecule has 2 rings (SSSR count). The van der Waals surface area contributed by atoms with E-state index in [0.717, 1.165) is 0 Å². The van der Waals surface area contributed by atoms with Crippen LogP contribution in [-0.2, 0) is 6.61 Å². The van der Waals surface area contributed by atoms with E-state index in [1.807, 2.05) is 0 Å². The average molecular weight is 342 g/mol. The third kappa shape index (κ3) is 4.88. The van der Waals surface area contributed by atoms with Crippen LogP contribution < -0.4 is 10.1 Å². The number of aliphatic hydroxyl groups is 2. The van der Waals surface area contributed by atoms with Gasteiger partial charge in [-0.3, -0.25) is 0 Å². The zero-order valence-electron chi connectivity index (χ0n) is 12.0. The molecule has 1 heterocycles. The summed E-state index contributed by atoms with van der Waals surface area (Å²) in [5.74, 6) is -0.522. The van der Waals surface area contributed by atoms with Crippen LogP contribution in [0.4, 0.5) is 5.69 Å². The van der Waals surface area contributed by atoms with Crippen LogP contribution in [0.15, 0.2) is 34.7 Å². The molecule has 0 radical (unpaired) electrons. The number of furan rings is 1. The Labute approximate surface area is 137 Å². The molecule has 1 aromatic carbocycles. The molecular weight excluding hydrogens is 326 g/mol. The number of carboxylic acid groups (broad SMARTS) is 1. The van der Waals surface area contributed by atoms with E-state index in [9.17, 15) is 9.90 Å². The lowest BCUT2D eigenvalue weighted by atomic mass is 10.3. The van der Waals surface area contributed by atoms with Crippen LogP contribution in [0.1, 0.15) is 16.3 Å². The van der Waals surface area contributed by atoms with E-state index in [-0.39, 0.29) is 25.5 Å². The first-order chi connectivity index (χ1) is 11.0. The van der Waals surface area contributed by atoms with E-state index >= 15 is 0 Å². The number of rotatable bonds is 8. The van der Waals surface area contributed by atoms with Gasteiger partial charge in [0.25, 0.3) is 0 Å². The molecule has 1 unspecified atom stereocenters. The Morgan fingerprint density at radius 1 is 1.35 bits per heavy atom. The van der Waals surface area contributed by atoms with E-state index in [1.165, 1.54) is 12.1 Å². The number of hydrogen-bond donors (Lipinski definition) is 4. The van der Waals surface area contributed by atoms with E-state index in [0.29, 0.717) is 22.2 Å². The van der Waals surface area contributed by atoms with Crippen LogP contribution in [0, 0.1) is 0 Å². The maximum absolute atomic E-state index is 10.7. The third-order valence-electron chi connectivity index (χ3n) is 2.93. The summed E-state index contributed by atoms with van der Waals surface area (Å²) in [6.07, 6.45) is -0.855. The molecule has 23 heavy (non-hydrogen) atoms. The van der Waals surface area contributed by atoms with Crippen molar-refractivity contribution in [3.05, 3.63) is 46.9 Å². The minimum absolute atomic E-state index is 0.0446. The Morgan fingerprint density at radius 2 is 2.13 bits per heavy atom. The van der Waals surface area contributed by atoms with Gasteiger partial charge >= 0.3 is 5.97 Å². The van der Waals surface area contributed by atoms with E-state index in [2.05, 4.69) is 5.32 Å². The quantitative estimate of drug-likeness (QED) is 0.580. The van der Waals surface area contributed by atoms with Crippen molar-refractivity contribution in [2.24, 2.45) is 0 Å². The number of nitrogens with one attached hydrogen (secondary N) is 1. The smallest absolute Gasteiger partial charge is 0.371 e. The molecule has 0 amide bonds. The fourth-order valence-electron chi connectivity index (χ4n) is 1.75. The van der Waals surface area contributed by atoms with Crippen molar-refractivity contribution < 1.29 is 29.3 Å². The lowest BCUT2D eigenvalue weighted by Gasteiger charge is -2.12. The summed E-state index contributed by atoms with van der Waals surface area (Å²) in [5.41, 5.74) is 0.668. The van der Waals surface area contributed by atoms with Crippen molar-refractivity contribution in [2.75, 3.05) is 18.5 Å². The van der Waals surface area contributed by atoms with Crippen molar-refractivity contribution >= 4 is 23.3 Å². The van der Waals surface area contributed by atoms with Gasteiger partial charge in [-0.05, 0) is 30.3 Å². The highest BCUT2D eigenvalue weighted by Crippen LogP contribution is 2.28. The summed E-state index contributed by atoms with van der Waals surface area (Å²) < 4.78 is 10.6. The summed E-state index contributed by atoms with van der Waals surface area (Å²) in [5, 5.41) is 30.1. The zero-order valence-corrected chi connectivity index (χ0v) is 12.8. The highest BCUT2D eigenvalue weighted by atomic mass is 35.5. The molecule has 1 atom stereocenters. The topological polar surface area (TPSA) is 112 Å². The van der Waals surface area contributed by atoms with Crippen molar-refractivity contribution in [1.82, 2.24) is 0 Å².